The molecule has 0 unspecified atom stereocenters. The first-order valence-electron chi connectivity index (χ1n) is 15.1. The van der Waals surface area contributed by atoms with Gasteiger partial charge in [-0.15, -0.1) is 11.3 Å². The molecule has 5 nitrogen and oxygen atoms in total. The normalized spacial score (nSPS) is 11.5. The Morgan fingerprint density at radius 1 is 0.435 bits per heavy atom. The largest absolute Gasteiger partial charge is 0.456 e. The number of furan rings is 1. The Hall–Kier alpha value is -5.98. The molecule has 9 rings (SSSR count). The number of rotatable bonds is 5. The van der Waals surface area contributed by atoms with Crippen molar-refractivity contribution in [3.63, 3.8) is 0 Å². The summed E-state index contributed by atoms with van der Waals surface area (Å²) in [7, 11) is 0. The van der Waals surface area contributed by atoms with Gasteiger partial charge in [0.25, 0.3) is 0 Å². The third kappa shape index (κ3) is 4.55. The Bertz CT molecular complexity index is 2470. The van der Waals surface area contributed by atoms with E-state index in [1.807, 2.05) is 91.0 Å². The number of fused-ring (bicyclic) bond motifs is 4. The SMILES string of the molecule is c1ccc(-c2nc(-c3ccccc3)nc(-c3cccc(-c4c5nc(-c6ccccc6)sc5cc5oc6ccccc6c45)c3)n2)cc1. The van der Waals surface area contributed by atoms with Crippen molar-refractivity contribution in [2.75, 3.05) is 0 Å². The van der Waals surface area contributed by atoms with E-state index in [0.29, 0.717) is 17.5 Å². The van der Waals surface area contributed by atoms with E-state index < -0.39 is 0 Å². The number of benzene rings is 6. The van der Waals surface area contributed by atoms with Gasteiger partial charge in [0, 0.05) is 44.7 Å². The van der Waals surface area contributed by atoms with Crippen LogP contribution >= 0.6 is 11.3 Å². The molecule has 0 saturated heterocycles. The van der Waals surface area contributed by atoms with E-state index in [2.05, 4.69) is 54.6 Å². The molecule has 9 aromatic rings. The lowest BCUT2D eigenvalue weighted by Gasteiger charge is -2.10. The van der Waals surface area contributed by atoms with Gasteiger partial charge in [0.1, 0.15) is 16.2 Å². The molecular formula is C40H24N4OS. The summed E-state index contributed by atoms with van der Waals surface area (Å²) in [5, 5.41) is 3.09. The summed E-state index contributed by atoms with van der Waals surface area (Å²) < 4.78 is 7.50. The maximum atomic E-state index is 6.43. The van der Waals surface area contributed by atoms with E-state index in [4.69, 9.17) is 24.4 Å². The highest BCUT2D eigenvalue weighted by atomic mass is 32.1. The standard InChI is InChI=1S/C40H24N4OS/c1-4-13-25(14-5-1)37-42-38(26-15-6-2-7-16-26)44-39(43-37)29-20-12-19-28(23-29)34-35-30-21-10-11-22-31(30)45-32(35)24-33-36(34)41-40(46-33)27-17-8-3-9-18-27/h1-24H. The molecule has 0 N–H and O–H groups in total. The van der Waals surface area contributed by atoms with Gasteiger partial charge in [0.15, 0.2) is 17.5 Å². The molecule has 0 aliphatic rings. The second-order valence-corrected chi connectivity index (χ2v) is 12.1. The lowest BCUT2D eigenvalue weighted by atomic mass is 9.96. The first-order chi connectivity index (χ1) is 22.8. The molecule has 0 fully saturated rings. The zero-order chi connectivity index (χ0) is 30.5. The third-order valence-corrected chi connectivity index (χ3v) is 9.21. The summed E-state index contributed by atoms with van der Waals surface area (Å²) in [5.74, 6) is 1.87. The molecule has 6 aromatic carbocycles. The molecule has 46 heavy (non-hydrogen) atoms. The minimum Gasteiger partial charge on any atom is -0.456 e. The van der Waals surface area contributed by atoms with Crippen LogP contribution in [0.1, 0.15) is 0 Å². The smallest absolute Gasteiger partial charge is 0.164 e. The van der Waals surface area contributed by atoms with Gasteiger partial charge < -0.3 is 4.42 Å². The highest BCUT2D eigenvalue weighted by Gasteiger charge is 2.21. The van der Waals surface area contributed by atoms with Gasteiger partial charge in [-0.2, -0.15) is 0 Å². The topological polar surface area (TPSA) is 64.7 Å². The Labute approximate surface area is 268 Å². The minimum atomic E-state index is 0.610. The lowest BCUT2D eigenvalue weighted by Crippen LogP contribution is -2.00. The Morgan fingerprint density at radius 2 is 0.978 bits per heavy atom. The van der Waals surface area contributed by atoms with Crippen LogP contribution in [-0.2, 0) is 0 Å². The third-order valence-electron chi connectivity index (χ3n) is 8.15. The average Bonchev–Trinajstić information content (AvgIpc) is 3.73. The van der Waals surface area contributed by atoms with Crippen molar-refractivity contribution < 1.29 is 4.42 Å². The van der Waals surface area contributed by atoms with Crippen molar-refractivity contribution in [1.82, 2.24) is 19.9 Å². The van der Waals surface area contributed by atoms with Crippen molar-refractivity contribution >= 4 is 43.5 Å². The average molecular weight is 609 g/mol. The summed E-state index contributed by atoms with van der Waals surface area (Å²) in [6.07, 6.45) is 0. The van der Waals surface area contributed by atoms with Crippen LogP contribution < -0.4 is 0 Å². The first-order valence-corrected chi connectivity index (χ1v) is 15.9. The van der Waals surface area contributed by atoms with Crippen LogP contribution in [0.2, 0.25) is 0 Å². The van der Waals surface area contributed by atoms with Crippen LogP contribution in [0, 0.1) is 0 Å². The molecule has 0 bridgehead atoms. The molecule has 3 heterocycles. The predicted molar refractivity (Wildman–Crippen MR) is 187 cm³/mol. The van der Waals surface area contributed by atoms with Gasteiger partial charge in [-0.05, 0) is 17.7 Å². The maximum absolute atomic E-state index is 6.43. The highest BCUT2D eigenvalue weighted by molar-refractivity contribution is 7.21. The number of hydrogen-bond acceptors (Lipinski definition) is 6. The minimum absolute atomic E-state index is 0.610. The summed E-state index contributed by atoms with van der Waals surface area (Å²) in [5.41, 5.74) is 8.57. The summed E-state index contributed by atoms with van der Waals surface area (Å²) in [4.78, 5) is 20.1. The van der Waals surface area contributed by atoms with E-state index in [-0.39, 0.29) is 0 Å². The maximum Gasteiger partial charge on any atom is 0.164 e. The fourth-order valence-corrected chi connectivity index (χ4v) is 7.02. The summed E-state index contributed by atoms with van der Waals surface area (Å²) in [6, 6.07) is 49.2. The van der Waals surface area contributed by atoms with E-state index in [9.17, 15) is 0 Å². The van der Waals surface area contributed by atoms with Gasteiger partial charge >= 0.3 is 0 Å². The number of para-hydroxylation sites is 1. The van der Waals surface area contributed by atoms with Crippen LogP contribution in [0.5, 0.6) is 0 Å². The Morgan fingerprint density at radius 3 is 1.65 bits per heavy atom. The van der Waals surface area contributed by atoms with Crippen LogP contribution in [0.25, 0.3) is 88.0 Å². The van der Waals surface area contributed by atoms with Crippen molar-refractivity contribution in [3.05, 3.63) is 146 Å². The Balaban J connectivity index is 1.29. The lowest BCUT2D eigenvalue weighted by molar-refractivity contribution is 0.669. The number of hydrogen-bond donors (Lipinski definition) is 0. The predicted octanol–water partition coefficient (Wildman–Crippen LogP) is 10.7. The van der Waals surface area contributed by atoms with E-state index in [1.165, 1.54) is 0 Å². The van der Waals surface area contributed by atoms with Crippen molar-refractivity contribution in [2.45, 2.75) is 0 Å². The van der Waals surface area contributed by atoms with Crippen LogP contribution in [0.4, 0.5) is 0 Å². The monoisotopic (exact) mass is 608 g/mol. The molecule has 216 valence electrons. The summed E-state index contributed by atoms with van der Waals surface area (Å²) in [6.45, 7) is 0. The molecule has 0 aliphatic carbocycles. The number of nitrogens with zero attached hydrogens (tertiary/aromatic N) is 4. The van der Waals surface area contributed by atoms with Crippen molar-refractivity contribution in [2.24, 2.45) is 0 Å². The highest BCUT2D eigenvalue weighted by Crippen LogP contribution is 2.45. The second-order valence-electron chi connectivity index (χ2n) is 11.1. The van der Waals surface area contributed by atoms with Crippen LogP contribution in [0.15, 0.2) is 150 Å². The molecular weight excluding hydrogens is 585 g/mol. The fraction of sp³-hybridized carbons (Fsp3) is 0. The number of thiazole rings is 1. The molecule has 0 spiro atoms. The van der Waals surface area contributed by atoms with Crippen molar-refractivity contribution in [1.29, 1.82) is 0 Å². The number of aromatic nitrogens is 4. The molecule has 0 aliphatic heterocycles. The molecule has 6 heteroatoms. The van der Waals surface area contributed by atoms with Crippen LogP contribution in [-0.4, -0.2) is 19.9 Å². The Kier molecular flexibility index (Phi) is 6.25. The molecule has 0 saturated carbocycles. The summed E-state index contributed by atoms with van der Waals surface area (Å²) >= 11 is 1.68. The molecule has 0 radical (unpaired) electrons. The fourth-order valence-electron chi connectivity index (χ4n) is 6.01. The zero-order valence-electron chi connectivity index (χ0n) is 24.5. The molecule has 3 aromatic heterocycles. The molecule has 0 amide bonds. The zero-order valence-corrected chi connectivity index (χ0v) is 25.3. The van der Waals surface area contributed by atoms with Crippen molar-refractivity contribution in [3.8, 4) is 55.9 Å². The molecule has 0 atom stereocenters. The van der Waals surface area contributed by atoms with Gasteiger partial charge in [0.05, 0.1) is 10.2 Å². The van der Waals surface area contributed by atoms with Gasteiger partial charge in [-0.3, -0.25) is 0 Å². The van der Waals surface area contributed by atoms with E-state index in [0.717, 1.165) is 70.5 Å². The van der Waals surface area contributed by atoms with Crippen LogP contribution in [0.3, 0.4) is 0 Å². The van der Waals surface area contributed by atoms with Gasteiger partial charge in [0.2, 0.25) is 0 Å². The second kappa shape index (κ2) is 10.9. The van der Waals surface area contributed by atoms with E-state index >= 15 is 0 Å². The van der Waals surface area contributed by atoms with Gasteiger partial charge in [-0.1, -0.05) is 127 Å². The first kappa shape index (κ1) is 26.4. The van der Waals surface area contributed by atoms with E-state index in [1.54, 1.807) is 11.3 Å². The quantitative estimate of drug-likeness (QED) is 0.194. The van der Waals surface area contributed by atoms with Gasteiger partial charge in [-0.25, -0.2) is 19.9 Å².